The molecule has 0 aliphatic heterocycles. The quantitative estimate of drug-likeness (QED) is 0.634. The van der Waals surface area contributed by atoms with E-state index in [4.69, 9.17) is 11.6 Å². The van der Waals surface area contributed by atoms with Gasteiger partial charge in [0.05, 0.1) is 12.0 Å². The van der Waals surface area contributed by atoms with E-state index in [2.05, 4.69) is 60.5 Å². The number of nitriles is 1. The molecule has 1 aliphatic rings. The van der Waals surface area contributed by atoms with Crippen molar-refractivity contribution in [2.75, 3.05) is 13.6 Å². The zero-order valence-corrected chi connectivity index (χ0v) is 15.5. The maximum absolute atomic E-state index is 9.57. The molecule has 0 saturated heterocycles. The minimum atomic E-state index is 0.0364. The molecule has 0 spiro atoms. The third-order valence-corrected chi connectivity index (χ3v) is 5.19. The highest BCUT2D eigenvalue weighted by Gasteiger charge is 2.33. The monoisotopic (exact) mass is 352 g/mol. The van der Waals surface area contributed by atoms with Crippen LogP contribution in [0.15, 0.2) is 48.5 Å². The summed E-state index contributed by atoms with van der Waals surface area (Å²) in [6.45, 7) is 1.99. The van der Waals surface area contributed by atoms with E-state index in [1.165, 1.54) is 29.5 Å². The molecule has 0 amide bonds. The van der Waals surface area contributed by atoms with E-state index >= 15 is 0 Å². The molecule has 1 fully saturated rings. The molecule has 2 aromatic carbocycles. The van der Waals surface area contributed by atoms with Gasteiger partial charge in [0.1, 0.15) is 0 Å². The number of nitrogens with zero attached hydrogens (tertiary/aromatic N) is 2. The third-order valence-electron chi connectivity index (χ3n) is 4.95. The Morgan fingerprint density at radius 1 is 1.20 bits per heavy atom. The highest BCUT2D eigenvalue weighted by Crippen LogP contribution is 2.43. The Balaban J connectivity index is 1.59. The highest BCUT2D eigenvalue weighted by atomic mass is 35.5. The maximum Gasteiger partial charge on any atom is 0.0743 e. The zero-order chi connectivity index (χ0) is 17.6. The van der Waals surface area contributed by atoms with Gasteiger partial charge in [-0.1, -0.05) is 48.0 Å². The van der Waals surface area contributed by atoms with E-state index in [0.29, 0.717) is 5.92 Å². The molecule has 1 unspecified atom stereocenters. The van der Waals surface area contributed by atoms with Crippen molar-refractivity contribution in [3.8, 4) is 6.07 Å². The van der Waals surface area contributed by atoms with Gasteiger partial charge in [0.2, 0.25) is 0 Å². The first-order chi connectivity index (χ1) is 12.2. The molecule has 2 nitrogen and oxygen atoms in total. The maximum atomic E-state index is 9.57. The normalized spacial score (nSPS) is 15.1. The van der Waals surface area contributed by atoms with E-state index < -0.39 is 0 Å². The first-order valence-electron chi connectivity index (χ1n) is 9.08. The Hall–Kier alpha value is -1.82. The van der Waals surface area contributed by atoms with Gasteiger partial charge in [-0.25, -0.2) is 0 Å². The van der Waals surface area contributed by atoms with Gasteiger partial charge in [-0.3, -0.25) is 0 Å². The Labute approximate surface area is 156 Å². The molecule has 0 N–H and O–H groups in total. The van der Waals surface area contributed by atoms with Gasteiger partial charge in [-0.15, -0.1) is 0 Å². The summed E-state index contributed by atoms with van der Waals surface area (Å²) in [7, 11) is 2.16. The predicted octanol–water partition coefficient (Wildman–Crippen LogP) is 5.42. The Bertz CT molecular complexity index is 731. The number of halogens is 1. The summed E-state index contributed by atoms with van der Waals surface area (Å²) in [5.41, 5.74) is 3.78. The molecule has 1 aliphatic carbocycles. The lowest BCUT2D eigenvalue weighted by molar-refractivity contribution is 0.322. The average molecular weight is 353 g/mol. The molecule has 3 heteroatoms. The van der Waals surface area contributed by atoms with Crippen LogP contribution in [0.5, 0.6) is 0 Å². The van der Waals surface area contributed by atoms with E-state index in [0.717, 1.165) is 31.0 Å². The summed E-state index contributed by atoms with van der Waals surface area (Å²) < 4.78 is 0. The molecule has 1 atom stereocenters. The SMILES string of the molecule is CN(CCCc1cc(Cl)ccc1C(C#N)C1CC1)Cc1ccccc1. The standard InChI is InChI=1S/C22H25ClN2/c1-25(16-17-6-3-2-4-7-17)13-5-8-19-14-20(23)11-12-21(19)22(15-24)18-9-10-18/h2-4,6-7,11-12,14,18,22H,5,8-10,13,16H2,1H3. The van der Waals surface area contributed by atoms with E-state index in [1.54, 1.807) is 0 Å². The average Bonchev–Trinajstić information content (AvgIpc) is 3.43. The summed E-state index contributed by atoms with van der Waals surface area (Å²) in [6, 6.07) is 19.1. The first-order valence-corrected chi connectivity index (χ1v) is 9.45. The van der Waals surface area contributed by atoms with Gasteiger partial charge >= 0.3 is 0 Å². The minimum absolute atomic E-state index is 0.0364. The van der Waals surface area contributed by atoms with E-state index in [1.807, 2.05) is 6.07 Å². The van der Waals surface area contributed by atoms with Gasteiger partial charge < -0.3 is 4.90 Å². The van der Waals surface area contributed by atoms with Crippen molar-refractivity contribution in [1.29, 1.82) is 5.26 Å². The van der Waals surface area contributed by atoms with Crippen molar-refractivity contribution in [1.82, 2.24) is 4.90 Å². The van der Waals surface area contributed by atoms with E-state index in [9.17, 15) is 5.26 Å². The molecule has 3 rings (SSSR count). The summed E-state index contributed by atoms with van der Waals surface area (Å²) in [6.07, 6.45) is 4.40. The van der Waals surface area contributed by atoms with Gasteiger partial charge in [-0.05, 0) is 74.0 Å². The fraction of sp³-hybridized carbons (Fsp3) is 0.409. The highest BCUT2D eigenvalue weighted by molar-refractivity contribution is 6.30. The molecule has 0 radical (unpaired) electrons. The van der Waals surface area contributed by atoms with Crippen LogP contribution in [-0.2, 0) is 13.0 Å². The van der Waals surface area contributed by atoms with Gasteiger partial charge in [0.25, 0.3) is 0 Å². The van der Waals surface area contributed by atoms with Crippen LogP contribution in [0.4, 0.5) is 0 Å². The number of rotatable bonds is 8. The van der Waals surface area contributed by atoms with Crippen molar-refractivity contribution in [3.63, 3.8) is 0 Å². The van der Waals surface area contributed by atoms with Crippen molar-refractivity contribution >= 4 is 11.6 Å². The number of benzene rings is 2. The molecule has 2 aromatic rings. The fourth-order valence-corrected chi connectivity index (χ4v) is 3.66. The molecule has 25 heavy (non-hydrogen) atoms. The third kappa shape index (κ3) is 5.08. The van der Waals surface area contributed by atoms with Crippen LogP contribution in [0.2, 0.25) is 5.02 Å². The molecule has 0 aromatic heterocycles. The molecule has 1 saturated carbocycles. The van der Waals surface area contributed by atoms with Crippen LogP contribution < -0.4 is 0 Å². The smallest absolute Gasteiger partial charge is 0.0743 e. The van der Waals surface area contributed by atoms with Crippen LogP contribution in [0, 0.1) is 17.2 Å². The van der Waals surface area contributed by atoms with Gasteiger partial charge in [0, 0.05) is 11.6 Å². The lowest BCUT2D eigenvalue weighted by atomic mass is 9.89. The van der Waals surface area contributed by atoms with Crippen LogP contribution >= 0.6 is 11.6 Å². The Morgan fingerprint density at radius 2 is 1.96 bits per heavy atom. The fourth-order valence-electron chi connectivity index (χ4n) is 3.47. The van der Waals surface area contributed by atoms with E-state index in [-0.39, 0.29) is 5.92 Å². The van der Waals surface area contributed by atoms with Crippen molar-refractivity contribution in [2.24, 2.45) is 5.92 Å². The van der Waals surface area contributed by atoms with Crippen LogP contribution in [0.25, 0.3) is 0 Å². The number of aryl methyl sites for hydroxylation is 1. The summed E-state index contributed by atoms with van der Waals surface area (Å²) in [5, 5.41) is 10.3. The summed E-state index contributed by atoms with van der Waals surface area (Å²) >= 11 is 6.22. The second-order valence-electron chi connectivity index (χ2n) is 7.11. The second-order valence-corrected chi connectivity index (χ2v) is 7.55. The molecule has 0 bridgehead atoms. The number of hydrogen-bond acceptors (Lipinski definition) is 2. The van der Waals surface area contributed by atoms with Crippen molar-refractivity contribution in [2.45, 2.75) is 38.1 Å². The van der Waals surface area contributed by atoms with Crippen molar-refractivity contribution < 1.29 is 0 Å². The van der Waals surface area contributed by atoms with Crippen LogP contribution in [-0.4, -0.2) is 18.5 Å². The summed E-state index contributed by atoms with van der Waals surface area (Å²) in [4.78, 5) is 2.35. The first kappa shape index (κ1) is 18.0. The second kappa shape index (κ2) is 8.52. The zero-order valence-electron chi connectivity index (χ0n) is 14.8. The van der Waals surface area contributed by atoms with Crippen LogP contribution in [0.1, 0.15) is 41.9 Å². The largest absolute Gasteiger partial charge is 0.302 e. The van der Waals surface area contributed by atoms with Crippen molar-refractivity contribution in [3.05, 3.63) is 70.2 Å². The summed E-state index contributed by atoms with van der Waals surface area (Å²) in [5.74, 6) is 0.583. The molecular weight excluding hydrogens is 328 g/mol. The topological polar surface area (TPSA) is 27.0 Å². The predicted molar refractivity (Wildman–Crippen MR) is 104 cm³/mol. The van der Waals surface area contributed by atoms with Crippen LogP contribution in [0.3, 0.4) is 0 Å². The number of hydrogen-bond donors (Lipinski definition) is 0. The lowest BCUT2D eigenvalue weighted by Gasteiger charge is -2.18. The Morgan fingerprint density at radius 3 is 2.64 bits per heavy atom. The molecular formula is C22H25ClN2. The molecule has 0 heterocycles. The Kier molecular flexibility index (Phi) is 6.13. The lowest BCUT2D eigenvalue weighted by Crippen LogP contribution is -2.19. The van der Waals surface area contributed by atoms with Gasteiger partial charge in [0.15, 0.2) is 0 Å². The minimum Gasteiger partial charge on any atom is -0.302 e. The molecule has 130 valence electrons. The van der Waals surface area contributed by atoms with Gasteiger partial charge in [-0.2, -0.15) is 5.26 Å².